The van der Waals surface area contributed by atoms with E-state index in [1.807, 2.05) is 0 Å². The van der Waals surface area contributed by atoms with E-state index in [2.05, 4.69) is 4.18 Å². The average Bonchev–Trinajstić information content (AvgIpc) is 3.46. The van der Waals surface area contributed by atoms with Crippen LogP contribution in [-0.4, -0.2) is 49.3 Å². The van der Waals surface area contributed by atoms with Crippen LogP contribution in [0, 0.1) is 0 Å². The number of nitrogens with zero attached hydrogens (tertiary/aromatic N) is 2. The Balaban J connectivity index is 1.33. The SMILES string of the molecule is O=C(CCCCCCCCCCN1c2ccccc2C(C(=O)Oc2c(C(F)(F)F)cccc2C(F)(F)F)c2c(OS(=O)(=O)C(F)(F)F)cccc21)ON1C(=O)CCC1=O. The van der Waals surface area contributed by atoms with Crippen molar-refractivity contribution in [3.8, 4) is 11.5 Å². The van der Waals surface area contributed by atoms with Gasteiger partial charge >= 0.3 is 39.9 Å². The number of para-hydroxylation sites is 2. The first-order valence-corrected chi connectivity index (χ1v) is 19.6. The number of alkyl halides is 9. The third kappa shape index (κ3) is 10.5. The molecule has 320 valence electrons. The van der Waals surface area contributed by atoms with Crippen LogP contribution in [0.1, 0.15) is 98.8 Å². The molecule has 3 aromatic carbocycles. The Labute approximate surface area is 331 Å². The van der Waals surface area contributed by atoms with Crippen molar-refractivity contribution in [2.45, 2.75) is 94.4 Å². The maximum absolute atomic E-state index is 14.0. The van der Waals surface area contributed by atoms with Crippen LogP contribution in [0.25, 0.3) is 0 Å². The van der Waals surface area contributed by atoms with Crippen LogP contribution in [0.3, 0.4) is 0 Å². The molecule has 1 atom stereocenters. The lowest BCUT2D eigenvalue weighted by Crippen LogP contribution is -2.33. The Morgan fingerprint density at radius 1 is 0.678 bits per heavy atom. The minimum Gasteiger partial charge on any atom is -0.425 e. The van der Waals surface area contributed by atoms with Crippen LogP contribution in [0.5, 0.6) is 11.5 Å². The van der Waals surface area contributed by atoms with Crippen molar-refractivity contribution in [1.82, 2.24) is 5.06 Å². The number of imide groups is 1. The monoisotopic (exact) mass is 866 g/mol. The molecular formula is C38H35F9N2O9S. The van der Waals surface area contributed by atoms with E-state index in [-0.39, 0.29) is 54.9 Å². The molecule has 11 nitrogen and oxygen atoms in total. The molecule has 0 N–H and O–H groups in total. The molecule has 0 spiro atoms. The second-order valence-electron chi connectivity index (χ2n) is 13.5. The zero-order chi connectivity index (χ0) is 43.3. The zero-order valence-electron chi connectivity index (χ0n) is 30.7. The van der Waals surface area contributed by atoms with Crippen molar-refractivity contribution in [1.29, 1.82) is 0 Å². The molecular weight excluding hydrogens is 831 g/mol. The Kier molecular flexibility index (Phi) is 13.6. The number of rotatable bonds is 16. The number of carbonyl (C=O) groups excluding carboxylic acids is 4. The molecule has 0 radical (unpaired) electrons. The molecule has 1 unspecified atom stereocenters. The van der Waals surface area contributed by atoms with Crippen molar-refractivity contribution < 1.29 is 80.9 Å². The third-order valence-corrected chi connectivity index (χ3v) is 10.4. The molecule has 5 rings (SSSR count). The number of halogens is 9. The van der Waals surface area contributed by atoms with Gasteiger partial charge in [-0.05, 0) is 48.7 Å². The van der Waals surface area contributed by atoms with Gasteiger partial charge in [-0.1, -0.05) is 68.9 Å². The summed E-state index contributed by atoms with van der Waals surface area (Å²) in [5, 5.41) is 0.485. The number of carbonyl (C=O) groups is 4. The number of unbranched alkanes of at least 4 members (excludes halogenated alkanes) is 7. The Morgan fingerprint density at radius 2 is 1.20 bits per heavy atom. The van der Waals surface area contributed by atoms with Crippen LogP contribution in [0.2, 0.25) is 0 Å². The summed E-state index contributed by atoms with van der Waals surface area (Å²) in [5.74, 6) is -8.68. The minimum absolute atomic E-state index is 0.0127. The standard InChI is InChI=1S/C38H35F9N2O9S/c39-36(40,41)24-14-11-15-25(37(42,43)44)34(24)56-35(53)32-23-13-8-9-16-26(23)48(27-17-12-18-28(33(27)32)58-59(54,55)38(45,46)47)22-10-6-4-2-1-3-5-7-19-31(52)57-49-29(50)20-21-30(49)51/h8-9,11-18,32H,1-7,10,19-22H2. The number of hydroxylamine groups is 2. The smallest absolute Gasteiger partial charge is 0.425 e. The number of fused-ring (bicyclic) bond motifs is 2. The van der Waals surface area contributed by atoms with Crippen LogP contribution < -0.4 is 13.8 Å². The molecule has 1 saturated heterocycles. The summed E-state index contributed by atoms with van der Waals surface area (Å²) >= 11 is 0. The normalized spacial score (nSPS) is 15.8. The predicted molar refractivity (Wildman–Crippen MR) is 188 cm³/mol. The maximum atomic E-state index is 14.0. The first-order chi connectivity index (χ1) is 27.6. The summed E-state index contributed by atoms with van der Waals surface area (Å²) in [7, 11) is -6.41. The quantitative estimate of drug-likeness (QED) is 0.0261. The largest absolute Gasteiger partial charge is 0.534 e. The van der Waals surface area contributed by atoms with Crippen molar-refractivity contribution in [3.05, 3.63) is 82.9 Å². The maximum Gasteiger partial charge on any atom is 0.534 e. The van der Waals surface area contributed by atoms with Gasteiger partial charge in [-0.15, -0.1) is 5.06 Å². The van der Waals surface area contributed by atoms with E-state index in [0.717, 1.165) is 31.4 Å². The van der Waals surface area contributed by atoms with E-state index in [1.54, 1.807) is 0 Å². The fourth-order valence-corrected chi connectivity index (χ4v) is 7.18. The van der Waals surface area contributed by atoms with Gasteiger partial charge in [0.2, 0.25) is 0 Å². The summed E-state index contributed by atoms with van der Waals surface area (Å²) in [6, 6.07) is 9.65. The Bertz CT molecular complexity index is 2130. The van der Waals surface area contributed by atoms with Crippen LogP contribution in [-0.2, 0) is 46.5 Å². The lowest BCUT2D eigenvalue weighted by molar-refractivity contribution is -0.197. The van der Waals surface area contributed by atoms with Crippen LogP contribution >= 0.6 is 0 Å². The molecule has 0 aliphatic carbocycles. The lowest BCUT2D eigenvalue weighted by Gasteiger charge is -2.37. The first-order valence-electron chi connectivity index (χ1n) is 18.2. The van der Waals surface area contributed by atoms with Gasteiger partial charge in [0.15, 0.2) is 5.75 Å². The molecule has 21 heteroatoms. The fourth-order valence-electron chi connectivity index (χ4n) is 6.70. The molecule has 2 aliphatic heterocycles. The summed E-state index contributed by atoms with van der Waals surface area (Å²) in [6.07, 6.45) is -5.80. The van der Waals surface area contributed by atoms with Gasteiger partial charge in [0.05, 0.1) is 11.1 Å². The first kappa shape index (κ1) is 44.8. The highest BCUT2D eigenvalue weighted by atomic mass is 32.2. The fraction of sp³-hybridized carbons (Fsp3) is 0.421. The Hall–Kier alpha value is -5.34. The van der Waals surface area contributed by atoms with E-state index in [4.69, 9.17) is 9.57 Å². The topological polar surface area (TPSA) is 137 Å². The van der Waals surface area contributed by atoms with E-state index < -0.39 is 85.8 Å². The summed E-state index contributed by atoms with van der Waals surface area (Å²) < 4.78 is 158. The summed E-state index contributed by atoms with van der Waals surface area (Å²) in [4.78, 5) is 55.5. The molecule has 0 aromatic heterocycles. The lowest BCUT2D eigenvalue weighted by atomic mass is 9.84. The van der Waals surface area contributed by atoms with Gasteiger partial charge in [0, 0.05) is 42.7 Å². The van der Waals surface area contributed by atoms with Crippen molar-refractivity contribution in [2.24, 2.45) is 0 Å². The van der Waals surface area contributed by atoms with Crippen molar-refractivity contribution in [3.63, 3.8) is 0 Å². The van der Waals surface area contributed by atoms with Gasteiger partial charge in [-0.25, -0.2) is 4.79 Å². The van der Waals surface area contributed by atoms with E-state index in [1.165, 1.54) is 35.2 Å². The number of anilines is 2. The Morgan fingerprint density at radius 3 is 1.78 bits per heavy atom. The number of esters is 1. The van der Waals surface area contributed by atoms with E-state index >= 15 is 0 Å². The molecule has 2 heterocycles. The number of ether oxygens (including phenoxy) is 1. The number of hydrogen-bond acceptors (Lipinski definition) is 10. The predicted octanol–water partition coefficient (Wildman–Crippen LogP) is 9.26. The van der Waals surface area contributed by atoms with Gasteiger partial charge in [-0.2, -0.15) is 47.9 Å². The molecule has 0 bridgehead atoms. The van der Waals surface area contributed by atoms with E-state index in [9.17, 15) is 67.1 Å². The molecule has 59 heavy (non-hydrogen) atoms. The number of benzene rings is 3. The minimum atomic E-state index is -6.41. The van der Waals surface area contributed by atoms with Crippen molar-refractivity contribution >= 4 is 45.2 Å². The molecule has 3 aromatic rings. The number of hydrogen-bond donors (Lipinski definition) is 0. The van der Waals surface area contributed by atoms with Crippen LogP contribution in [0.15, 0.2) is 60.7 Å². The van der Waals surface area contributed by atoms with Gasteiger partial charge < -0.3 is 18.7 Å². The highest BCUT2D eigenvalue weighted by Gasteiger charge is 2.50. The summed E-state index contributed by atoms with van der Waals surface area (Å²) in [6.45, 7) is 0.112. The average molecular weight is 867 g/mol. The molecule has 0 saturated carbocycles. The van der Waals surface area contributed by atoms with Gasteiger partial charge in [0.1, 0.15) is 11.7 Å². The van der Waals surface area contributed by atoms with Crippen LogP contribution in [0.4, 0.5) is 50.9 Å². The molecule has 2 aliphatic rings. The number of amides is 2. The summed E-state index contributed by atoms with van der Waals surface area (Å²) in [5.41, 5.74) is -10.6. The third-order valence-electron chi connectivity index (χ3n) is 9.42. The second kappa shape index (κ2) is 17.9. The highest BCUT2D eigenvalue weighted by molar-refractivity contribution is 7.88. The molecule has 1 fully saturated rings. The zero-order valence-corrected chi connectivity index (χ0v) is 31.5. The van der Waals surface area contributed by atoms with Gasteiger partial charge in [0.25, 0.3) is 11.8 Å². The van der Waals surface area contributed by atoms with E-state index in [0.29, 0.717) is 43.2 Å². The van der Waals surface area contributed by atoms with Crippen molar-refractivity contribution in [2.75, 3.05) is 11.4 Å². The highest BCUT2D eigenvalue weighted by Crippen LogP contribution is 2.52. The molecule has 2 amide bonds. The van der Waals surface area contributed by atoms with Gasteiger partial charge in [-0.3, -0.25) is 14.4 Å². The second-order valence-corrected chi connectivity index (χ2v) is 15.1.